The van der Waals surface area contributed by atoms with Crippen LogP contribution in [0.2, 0.25) is 0 Å². The molecule has 0 radical (unpaired) electrons. The van der Waals surface area contributed by atoms with Gasteiger partial charge in [0.25, 0.3) is 5.89 Å². The number of nitrogens with zero attached hydrogens (tertiary/aromatic N) is 5. The molecule has 1 fully saturated rings. The van der Waals surface area contributed by atoms with E-state index in [9.17, 15) is 9.59 Å². The molecule has 1 aliphatic heterocycles. The van der Waals surface area contributed by atoms with Crippen LogP contribution < -0.4 is 0 Å². The highest BCUT2D eigenvalue weighted by Crippen LogP contribution is 2.28. The fraction of sp³-hybridized carbons (Fsp3) is 0.478. The monoisotopic (exact) mass is 439 g/mol. The second kappa shape index (κ2) is 9.42. The van der Waals surface area contributed by atoms with E-state index in [4.69, 9.17) is 9.15 Å². The van der Waals surface area contributed by atoms with Gasteiger partial charge in [-0.1, -0.05) is 32.0 Å². The van der Waals surface area contributed by atoms with Gasteiger partial charge in [-0.3, -0.25) is 4.79 Å². The number of hydrogen-bond donors (Lipinski definition) is 0. The maximum absolute atomic E-state index is 13.1. The molecule has 0 bridgehead atoms. The molecule has 0 N–H and O–H groups in total. The Morgan fingerprint density at radius 1 is 1.09 bits per heavy atom. The van der Waals surface area contributed by atoms with Gasteiger partial charge in [0.2, 0.25) is 11.8 Å². The maximum atomic E-state index is 13.1. The molecule has 0 atom stereocenters. The van der Waals surface area contributed by atoms with E-state index in [0.717, 1.165) is 16.6 Å². The molecule has 9 heteroatoms. The smallest absolute Gasteiger partial charge is 0.409 e. The fourth-order valence-electron chi connectivity index (χ4n) is 3.94. The van der Waals surface area contributed by atoms with E-state index in [1.54, 1.807) is 16.7 Å². The maximum Gasteiger partial charge on any atom is 0.409 e. The van der Waals surface area contributed by atoms with Crippen LogP contribution in [0.25, 0.3) is 22.5 Å². The molecule has 170 valence electrons. The van der Waals surface area contributed by atoms with Crippen LogP contribution in [-0.4, -0.2) is 69.4 Å². The Kier molecular flexibility index (Phi) is 6.43. The molecule has 0 unspecified atom stereocenters. The molecule has 0 aliphatic carbocycles. The van der Waals surface area contributed by atoms with Crippen molar-refractivity contribution in [3.8, 4) is 11.6 Å². The van der Waals surface area contributed by atoms with Gasteiger partial charge in [-0.2, -0.15) is 0 Å². The molecular formula is C23H29N5O4. The third kappa shape index (κ3) is 4.61. The average molecular weight is 440 g/mol. The number of aromatic nitrogens is 3. The van der Waals surface area contributed by atoms with Crippen molar-refractivity contribution in [3.63, 3.8) is 0 Å². The second-order valence-electron chi connectivity index (χ2n) is 8.34. The van der Waals surface area contributed by atoms with Crippen molar-refractivity contribution in [2.45, 2.75) is 33.7 Å². The van der Waals surface area contributed by atoms with Crippen LogP contribution in [0, 0.1) is 5.92 Å². The highest BCUT2D eigenvalue weighted by molar-refractivity contribution is 5.88. The van der Waals surface area contributed by atoms with E-state index in [-0.39, 0.29) is 18.5 Å². The molecule has 4 rings (SSSR count). The first kappa shape index (κ1) is 21.9. The topological polar surface area (TPSA) is 93.7 Å². The summed E-state index contributed by atoms with van der Waals surface area (Å²) in [6.45, 7) is 8.36. The largest absolute Gasteiger partial charge is 0.450 e. The number of benzene rings is 1. The first-order valence-electron chi connectivity index (χ1n) is 11.1. The van der Waals surface area contributed by atoms with Gasteiger partial charge in [0.1, 0.15) is 12.2 Å². The number of rotatable bonds is 6. The van der Waals surface area contributed by atoms with E-state index >= 15 is 0 Å². The van der Waals surface area contributed by atoms with Gasteiger partial charge in [0.05, 0.1) is 6.61 Å². The second-order valence-corrected chi connectivity index (χ2v) is 8.34. The minimum Gasteiger partial charge on any atom is -0.450 e. The van der Waals surface area contributed by atoms with Crippen molar-refractivity contribution in [1.29, 1.82) is 0 Å². The lowest BCUT2D eigenvalue weighted by atomic mass is 10.1. The van der Waals surface area contributed by atoms with Crippen LogP contribution in [0.1, 0.15) is 26.7 Å². The van der Waals surface area contributed by atoms with Gasteiger partial charge in [-0.15, -0.1) is 10.2 Å². The number of hydrogen-bond acceptors (Lipinski definition) is 6. The highest BCUT2D eigenvalue weighted by Gasteiger charge is 2.26. The summed E-state index contributed by atoms with van der Waals surface area (Å²) >= 11 is 0. The van der Waals surface area contributed by atoms with Crippen LogP contribution in [0.5, 0.6) is 0 Å². The van der Waals surface area contributed by atoms with Crippen molar-refractivity contribution in [2.75, 3.05) is 32.8 Å². The lowest BCUT2D eigenvalue weighted by Gasteiger charge is -2.34. The van der Waals surface area contributed by atoms with Gasteiger partial charge < -0.3 is 23.5 Å². The minimum atomic E-state index is -0.327. The molecule has 9 nitrogen and oxygen atoms in total. The summed E-state index contributed by atoms with van der Waals surface area (Å²) in [7, 11) is 0. The SMILES string of the molecule is CCOC(=O)N1CCN(C(=O)Cn2c(-c3nnc(CC(C)C)o3)cc3ccccc32)CC1. The van der Waals surface area contributed by atoms with Crippen LogP contribution in [-0.2, 0) is 22.5 Å². The van der Waals surface area contributed by atoms with Crippen LogP contribution in [0.3, 0.4) is 0 Å². The van der Waals surface area contributed by atoms with E-state index in [1.165, 1.54) is 0 Å². The molecule has 1 aromatic carbocycles. The van der Waals surface area contributed by atoms with Crippen LogP contribution >= 0.6 is 0 Å². The van der Waals surface area contributed by atoms with Crippen molar-refractivity contribution in [2.24, 2.45) is 5.92 Å². The zero-order valence-electron chi connectivity index (χ0n) is 18.8. The first-order valence-corrected chi connectivity index (χ1v) is 11.1. The Hall–Kier alpha value is -3.36. The third-order valence-corrected chi connectivity index (χ3v) is 5.53. The van der Waals surface area contributed by atoms with Crippen molar-refractivity contribution < 1.29 is 18.7 Å². The van der Waals surface area contributed by atoms with Crippen molar-refractivity contribution >= 4 is 22.9 Å². The van der Waals surface area contributed by atoms with Gasteiger partial charge >= 0.3 is 6.09 Å². The number of carbonyl (C=O) groups is 2. The molecule has 0 spiro atoms. The molecule has 1 saturated heterocycles. The van der Waals surface area contributed by atoms with E-state index in [0.29, 0.717) is 56.9 Å². The number of para-hydroxylation sites is 1. The number of amides is 2. The van der Waals surface area contributed by atoms with Gasteiger partial charge in [0.15, 0.2) is 0 Å². The number of fused-ring (bicyclic) bond motifs is 1. The Labute approximate surface area is 186 Å². The molecule has 2 amide bonds. The zero-order valence-corrected chi connectivity index (χ0v) is 18.8. The summed E-state index contributed by atoms with van der Waals surface area (Å²) < 4.78 is 12.9. The Morgan fingerprint density at radius 3 is 2.53 bits per heavy atom. The minimum absolute atomic E-state index is 0.0157. The number of piperazine rings is 1. The predicted octanol–water partition coefficient (Wildman–Crippen LogP) is 3.19. The zero-order chi connectivity index (χ0) is 22.7. The molecule has 3 heterocycles. The Morgan fingerprint density at radius 2 is 1.81 bits per heavy atom. The van der Waals surface area contributed by atoms with Gasteiger partial charge in [-0.05, 0) is 25.0 Å². The molecule has 0 saturated carbocycles. The molecule has 2 aromatic heterocycles. The summed E-state index contributed by atoms with van der Waals surface area (Å²) in [5.74, 6) is 1.40. The molecule has 3 aromatic rings. The predicted molar refractivity (Wildman–Crippen MR) is 119 cm³/mol. The summed E-state index contributed by atoms with van der Waals surface area (Å²) in [5.41, 5.74) is 1.66. The van der Waals surface area contributed by atoms with E-state index in [1.807, 2.05) is 34.9 Å². The van der Waals surface area contributed by atoms with E-state index < -0.39 is 0 Å². The standard InChI is InChI=1S/C23H29N5O4/c1-4-31-23(30)27-11-9-26(10-12-27)21(29)15-28-18-8-6-5-7-17(18)14-19(28)22-25-24-20(32-22)13-16(2)3/h5-8,14,16H,4,9-13,15H2,1-3H3. The summed E-state index contributed by atoms with van der Waals surface area (Å²) in [5, 5.41) is 9.43. The quantitative estimate of drug-likeness (QED) is 0.586. The van der Waals surface area contributed by atoms with Crippen molar-refractivity contribution in [3.05, 3.63) is 36.2 Å². The molecule has 32 heavy (non-hydrogen) atoms. The lowest BCUT2D eigenvalue weighted by molar-refractivity contribution is -0.133. The molecule has 1 aliphatic rings. The highest BCUT2D eigenvalue weighted by atomic mass is 16.6. The number of ether oxygens (including phenoxy) is 1. The summed E-state index contributed by atoms with van der Waals surface area (Å²) in [4.78, 5) is 28.5. The average Bonchev–Trinajstić information content (AvgIpc) is 3.38. The Bertz CT molecular complexity index is 1090. The van der Waals surface area contributed by atoms with Crippen LogP contribution in [0.4, 0.5) is 4.79 Å². The van der Waals surface area contributed by atoms with Gasteiger partial charge in [0, 0.05) is 43.5 Å². The fourth-order valence-corrected chi connectivity index (χ4v) is 3.94. The van der Waals surface area contributed by atoms with E-state index in [2.05, 4.69) is 24.0 Å². The Balaban J connectivity index is 1.54. The van der Waals surface area contributed by atoms with Gasteiger partial charge in [-0.25, -0.2) is 4.79 Å². The summed E-state index contributed by atoms with van der Waals surface area (Å²) in [6.07, 6.45) is 0.378. The van der Waals surface area contributed by atoms with Crippen molar-refractivity contribution in [1.82, 2.24) is 24.6 Å². The lowest BCUT2D eigenvalue weighted by Crippen LogP contribution is -2.51. The first-order chi connectivity index (χ1) is 15.5. The third-order valence-electron chi connectivity index (χ3n) is 5.53. The summed E-state index contributed by atoms with van der Waals surface area (Å²) in [6, 6.07) is 9.88. The normalized spacial score (nSPS) is 14.4. The number of carbonyl (C=O) groups excluding carboxylic acids is 2. The van der Waals surface area contributed by atoms with Crippen LogP contribution in [0.15, 0.2) is 34.7 Å². The molecular weight excluding hydrogens is 410 g/mol.